The van der Waals surface area contributed by atoms with Crippen LogP contribution in [0, 0.1) is 5.41 Å². The molecule has 2 fully saturated rings. The summed E-state index contributed by atoms with van der Waals surface area (Å²) in [5, 5.41) is 8.29. The molecule has 3 rings (SSSR count). The Kier molecular flexibility index (Phi) is 3.20. The van der Waals surface area contributed by atoms with Gasteiger partial charge in [-0.05, 0) is 37.2 Å². The van der Waals surface area contributed by atoms with E-state index in [0.29, 0.717) is 12.0 Å². The zero-order valence-electron chi connectivity index (χ0n) is 10.9. The molecule has 0 unspecified atom stereocenters. The van der Waals surface area contributed by atoms with Crippen LogP contribution in [0.2, 0.25) is 0 Å². The number of hydrogen-bond acceptors (Lipinski definition) is 4. The molecule has 1 spiro atoms. The minimum atomic E-state index is 0.548. The van der Waals surface area contributed by atoms with Gasteiger partial charge in [-0.3, -0.25) is 0 Å². The maximum atomic E-state index is 5.78. The van der Waals surface area contributed by atoms with Gasteiger partial charge in [0.2, 0.25) is 0 Å². The summed E-state index contributed by atoms with van der Waals surface area (Å²) in [6.07, 6.45) is 10.1. The fourth-order valence-corrected chi connectivity index (χ4v) is 3.59. The lowest BCUT2D eigenvalue weighted by Crippen LogP contribution is -2.40. The van der Waals surface area contributed by atoms with Crippen LogP contribution in [-0.2, 0) is 6.54 Å². The van der Waals surface area contributed by atoms with E-state index in [1.54, 1.807) is 6.20 Å². The number of anilines is 1. The second-order valence-electron chi connectivity index (χ2n) is 5.78. The predicted octanol–water partition coefficient (Wildman–Crippen LogP) is 2.10. The van der Waals surface area contributed by atoms with Gasteiger partial charge in [-0.1, -0.05) is 12.8 Å². The van der Waals surface area contributed by atoms with Gasteiger partial charge in [0, 0.05) is 25.2 Å². The fraction of sp³-hybridized carbons (Fsp3) is 0.714. The second kappa shape index (κ2) is 4.84. The number of aromatic nitrogens is 2. The third kappa shape index (κ3) is 2.09. The molecule has 1 aliphatic heterocycles. The highest BCUT2D eigenvalue weighted by molar-refractivity contribution is 5.46. The third-order valence-electron chi connectivity index (χ3n) is 4.79. The van der Waals surface area contributed by atoms with Crippen molar-refractivity contribution < 1.29 is 0 Å². The number of piperidine rings is 1. The average molecular weight is 246 g/mol. The van der Waals surface area contributed by atoms with Crippen LogP contribution in [0.4, 0.5) is 5.82 Å². The summed E-state index contributed by atoms with van der Waals surface area (Å²) in [6.45, 7) is 2.78. The Morgan fingerprint density at radius 3 is 2.56 bits per heavy atom. The molecule has 2 aliphatic rings. The first-order valence-corrected chi connectivity index (χ1v) is 7.09. The van der Waals surface area contributed by atoms with E-state index in [1.807, 2.05) is 6.07 Å². The van der Waals surface area contributed by atoms with E-state index >= 15 is 0 Å². The molecule has 0 atom stereocenters. The molecule has 0 radical (unpaired) electrons. The number of nitrogens with zero attached hydrogens (tertiary/aromatic N) is 3. The van der Waals surface area contributed by atoms with Crippen LogP contribution in [-0.4, -0.2) is 23.3 Å². The van der Waals surface area contributed by atoms with E-state index in [1.165, 1.54) is 38.5 Å². The molecule has 1 saturated heterocycles. The fourth-order valence-electron chi connectivity index (χ4n) is 3.59. The van der Waals surface area contributed by atoms with Crippen LogP contribution in [0.25, 0.3) is 0 Å². The molecule has 2 N–H and O–H groups in total. The lowest BCUT2D eigenvalue weighted by Gasteiger charge is -2.40. The largest absolute Gasteiger partial charge is 0.355 e. The lowest BCUT2D eigenvalue weighted by molar-refractivity contribution is 0.226. The molecule has 2 heterocycles. The van der Waals surface area contributed by atoms with Gasteiger partial charge in [-0.15, -0.1) is 5.10 Å². The van der Waals surface area contributed by atoms with Gasteiger partial charge in [-0.2, -0.15) is 5.10 Å². The molecular weight excluding hydrogens is 224 g/mol. The van der Waals surface area contributed by atoms with Crippen molar-refractivity contribution in [2.24, 2.45) is 11.1 Å². The van der Waals surface area contributed by atoms with Gasteiger partial charge in [0.15, 0.2) is 5.82 Å². The minimum Gasteiger partial charge on any atom is -0.355 e. The zero-order chi connectivity index (χ0) is 12.4. The van der Waals surface area contributed by atoms with Crippen LogP contribution in [0.3, 0.4) is 0 Å². The summed E-state index contributed by atoms with van der Waals surface area (Å²) in [4.78, 5) is 2.37. The van der Waals surface area contributed by atoms with Crippen LogP contribution >= 0.6 is 0 Å². The quantitative estimate of drug-likeness (QED) is 0.868. The predicted molar refractivity (Wildman–Crippen MR) is 72.3 cm³/mol. The van der Waals surface area contributed by atoms with Crippen molar-refractivity contribution in [3.8, 4) is 0 Å². The van der Waals surface area contributed by atoms with Gasteiger partial charge in [-0.25, -0.2) is 0 Å². The van der Waals surface area contributed by atoms with Crippen molar-refractivity contribution >= 4 is 5.82 Å². The Labute approximate surface area is 109 Å². The van der Waals surface area contributed by atoms with Crippen molar-refractivity contribution in [3.05, 3.63) is 17.8 Å². The van der Waals surface area contributed by atoms with Gasteiger partial charge in [0.1, 0.15) is 0 Å². The van der Waals surface area contributed by atoms with Crippen LogP contribution in [0.5, 0.6) is 0 Å². The maximum Gasteiger partial charge on any atom is 0.155 e. The monoisotopic (exact) mass is 246 g/mol. The van der Waals surface area contributed by atoms with E-state index in [-0.39, 0.29) is 0 Å². The summed E-state index contributed by atoms with van der Waals surface area (Å²) in [5.74, 6) is 1.01. The molecule has 1 aromatic rings. The summed E-state index contributed by atoms with van der Waals surface area (Å²) in [7, 11) is 0. The molecule has 1 aromatic heterocycles. The summed E-state index contributed by atoms with van der Waals surface area (Å²) in [5.41, 5.74) is 7.55. The van der Waals surface area contributed by atoms with Crippen LogP contribution < -0.4 is 10.6 Å². The van der Waals surface area contributed by atoms with Crippen molar-refractivity contribution in [1.29, 1.82) is 0 Å². The maximum absolute atomic E-state index is 5.78. The molecule has 18 heavy (non-hydrogen) atoms. The standard InChI is InChI=1S/C14H22N4/c15-11-12-3-8-16-17-13(12)18-9-6-14(7-10-18)4-1-2-5-14/h3,8H,1-2,4-7,9-11,15H2. The van der Waals surface area contributed by atoms with Crippen molar-refractivity contribution in [2.75, 3.05) is 18.0 Å². The van der Waals surface area contributed by atoms with Crippen molar-refractivity contribution in [2.45, 2.75) is 45.1 Å². The van der Waals surface area contributed by atoms with Crippen molar-refractivity contribution in [1.82, 2.24) is 10.2 Å². The molecule has 98 valence electrons. The molecule has 1 aliphatic carbocycles. The topological polar surface area (TPSA) is 55.0 Å². The summed E-state index contributed by atoms with van der Waals surface area (Å²) in [6, 6.07) is 1.99. The first-order valence-electron chi connectivity index (χ1n) is 7.09. The zero-order valence-corrected chi connectivity index (χ0v) is 10.9. The second-order valence-corrected chi connectivity index (χ2v) is 5.78. The molecule has 0 bridgehead atoms. The van der Waals surface area contributed by atoms with Gasteiger partial charge >= 0.3 is 0 Å². The van der Waals surface area contributed by atoms with Gasteiger partial charge < -0.3 is 10.6 Å². The molecule has 0 aromatic carbocycles. The smallest absolute Gasteiger partial charge is 0.155 e. The highest BCUT2D eigenvalue weighted by Gasteiger charge is 2.37. The Morgan fingerprint density at radius 1 is 1.17 bits per heavy atom. The molecule has 4 heteroatoms. The number of hydrogen-bond donors (Lipinski definition) is 1. The molecular formula is C14H22N4. The van der Waals surface area contributed by atoms with E-state index in [9.17, 15) is 0 Å². The average Bonchev–Trinajstić information content (AvgIpc) is 2.88. The number of rotatable bonds is 2. The molecule has 0 amide bonds. The molecule has 1 saturated carbocycles. The highest BCUT2D eigenvalue weighted by Crippen LogP contribution is 2.46. The van der Waals surface area contributed by atoms with E-state index < -0.39 is 0 Å². The Morgan fingerprint density at radius 2 is 1.89 bits per heavy atom. The highest BCUT2D eigenvalue weighted by atomic mass is 15.3. The van der Waals surface area contributed by atoms with Crippen LogP contribution in [0.15, 0.2) is 12.3 Å². The SMILES string of the molecule is NCc1ccnnc1N1CCC2(CCCC2)CC1. The third-order valence-corrected chi connectivity index (χ3v) is 4.79. The first kappa shape index (κ1) is 11.9. The summed E-state index contributed by atoms with van der Waals surface area (Å²) < 4.78 is 0. The van der Waals surface area contributed by atoms with Gasteiger partial charge in [0.25, 0.3) is 0 Å². The van der Waals surface area contributed by atoms with Crippen molar-refractivity contribution in [3.63, 3.8) is 0 Å². The number of nitrogens with two attached hydrogens (primary N) is 1. The molecule has 4 nitrogen and oxygen atoms in total. The van der Waals surface area contributed by atoms with E-state index in [2.05, 4.69) is 15.1 Å². The normalized spacial score (nSPS) is 22.6. The first-order chi connectivity index (χ1) is 8.83. The Balaban J connectivity index is 1.72. The van der Waals surface area contributed by atoms with Gasteiger partial charge in [0.05, 0.1) is 6.20 Å². The minimum absolute atomic E-state index is 0.548. The Bertz CT molecular complexity index is 402. The Hall–Kier alpha value is -1.16. The van der Waals surface area contributed by atoms with E-state index in [4.69, 9.17) is 5.73 Å². The van der Waals surface area contributed by atoms with Crippen LogP contribution in [0.1, 0.15) is 44.1 Å². The van der Waals surface area contributed by atoms with E-state index in [0.717, 1.165) is 24.5 Å². The lowest BCUT2D eigenvalue weighted by atomic mass is 9.77. The summed E-state index contributed by atoms with van der Waals surface area (Å²) >= 11 is 0.